The van der Waals surface area contributed by atoms with Crippen LogP contribution in [0.25, 0.3) is 0 Å². The molecule has 60 valence electrons. The molecule has 0 spiro atoms. The summed E-state index contributed by atoms with van der Waals surface area (Å²) in [6.45, 7) is 0. The maximum Gasteiger partial charge on any atom is 0.0241 e. The van der Waals surface area contributed by atoms with E-state index >= 15 is 0 Å². The number of benzene rings is 1. The van der Waals surface area contributed by atoms with Gasteiger partial charge in [0, 0.05) is 6.04 Å². The van der Waals surface area contributed by atoms with E-state index in [0.717, 1.165) is 0 Å². The van der Waals surface area contributed by atoms with Crippen LogP contribution in [0, 0.1) is 0 Å². The molecule has 1 heterocycles. The zero-order valence-corrected chi connectivity index (χ0v) is 8.26. The largest absolute Gasteiger partial charge is 0.0838 e. The highest BCUT2D eigenvalue weighted by Crippen LogP contribution is 2.50. The van der Waals surface area contributed by atoms with Gasteiger partial charge in [-0.05, 0) is 16.9 Å². The van der Waals surface area contributed by atoms with E-state index in [1.165, 1.54) is 5.30 Å². The van der Waals surface area contributed by atoms with Crippen molar-refractivity contribution in [3.63, 3.8) is 0 Å². The van der Waals surface area contributed by atoms with Gasteiger partial charge >= 0.3 is 0 Å². The Morgan fingerprint density at radius 3 is 2.08 bits per heavy atom. The molecule has 2 rings (SSSR count). The summed E-state index contributed by atoms with van der Waals surface area (Å²) in [5.74, 6) is 4.30. The van der Waals surface area contributed by atoms with Gasteiger partial charge in [-0.2, -0.15) is 0 Å². The van der Waals surface area contributed by atoms with Gasteiger partial charge in [0.25, 0.3) is 0 Å². The van der Waals surface area contributed by atoms with Gasteiger partial charge in [0.05, 0.1) is 0 Å². The van der Waals surface area contributed by atoms with Crippen LogP contribution in [0.4, 0.5) is 0 Å². The average Bonchev–Trinajstić information content (AvgIpc) is 2.55. The molecule has 0 nitrogen and oxygen atoms in total. The second-order valence-corrected chi connectivity index (χ2v) is 7.07. The summed E-state index contributed by atoms with van der Waals surface area (Å²) in [6, 6.07) is 8.89. The molecule has 0 bridgehead atoms. The third-order valence-electron chi connectivity index (χ3n) is 1.89. The summed E-state index contributed by atoms with van der Waals surface area (Å²) < 4.78 is 0. The number of hydrogen-bond acceptors (Lipinski definition) is 1. The van der Waals surface area contributed by atoms with Crippen molar-refractivity contribution in [2.24, 2.45) is 0 Å². The van der Waals surface area contributed by atoms with Gasteiger partial charge in [-0.25, -0.2) is 0 Å². The van der Waals surface area contributed by atoms with Crippen molar-refractivity contribution in [1.29, 1.82) is 0 Å². The molecule has 0 N–H and O–H groups in total. The minimum atomic E-state index is -1.45. The first-order valence-corrected chi connectivity index (χ1v) is 6.77. The van der Waals surface area contributed by atoms with Crippen molar-refractivity contribution in [1.82, 2.24) is 0 Å². The van der Waals surface area contributed by atoms with Crippen LogP contribution in [0.1, 0.15) is 0 Å². The van der Waals surface area contributed by atoms with Crippen LogP contribution in [0.3, 0.4) is 0 Å². The molecule has 0 saturated carbocycles. The summed E-state index contributed by atoms with van der Waals surface area (Å²) in [5, 5.41) is 1.28. The van der Waals surface area contributed by atoms with Gasteiger partial charge in [-0.3, -0.25) is 0 Å². The normalized spacial score (nSPS) is 18.3. The van der Waals surface area contributed by atoms with Crippen LogP contribution in [0.5, 0.6) is 0 Å². The lowest BCUT2D eigenvalue weighted by Crippen LogP contribution is -1.97. The van der Waals surface area contributed by atoms with Crippen LogP contribution < -0.4 is 5.30 Å². The zero-order valence-electron chi connectivity index (χ0n) is 6.55. The van der Waals surface area contributed by atoms with Crippen LogP contribution in [-0.2, 0) is 11.8 Å². The molecule has 1 aromatic carbocycles. The fourth-order valence-corrected chi connectivity index (χ4v) is 3.82. The van der Waals surface area contributed by atoms with Crippen molar-refractivity contribution >= 4 is 23.1 Å². The van der Waals surface area contributed by atoms with Crippen molar-refractivity contribution in [3.8, 4) is 0 Å². The molecular weight excluding hydrogens is 183 g/mol. The van der Waals surface area contributed by atoms with Crippen molar-refractivity contribution in [3.05, 3.63) is 54.1 Å². The SMILES string of the molecule is S=P1(c2ccccc2)C=CC=C1. The van der Waals surface area contributed by atoms with E-state index in [1.54, 1.807) is 0 Å². The summed E-state index contributed by atoms with van der Waals surface area (Å²) in [4.78, 5) is 0. The van der Waals surface area contributed by atoms with Crippen molar-refractivity contribution in [2.75, 3.05) is 0 Å². The molecule has 1 aliphatic rings. The Morgan fingerprint density at radius 2 is 1.50 bits per heavy atom. The van der Waals surface area contributed by atoms with E-state index in [1.807, 2.05) is 30.4 Å². The fraction of sp³-hybridized carbons (Fsp3) is 0. The van der Waals surface area contributed by atoms with Crippen LogP contribution >= 0.6 is 6.04 Å². The van der Waals surface area contributed by atoms with E-state index in [9.17, 15) is 0 Å². The summed E-state index contributed by atoms with van der Waals surface area (Å²) >= 11 is 5.57. The highest BCUT2D eigenvalue weighted by Gasteiger charge is 2.13. The molecule has 0 fully saturated rings. The van der Waals surface area contributed by atoms with E-state index in [4.69, 9.17) is 11.8 Å². The summed E-state index contributed by atoms with van der Waals surface area (Å²) in [5.41, 5.74) is 0. The van der Waals surface area contributed by atoms with Gasteiger partial charge < -0.3 is 0 Å². The highest BCUT2D eigenvalue weighted by molar-refractivity contribution is 8.21. The molecular formula is C10H9PS. The van der Waals surface area contributed by atoms with E-state index in [0.29, 0.717) is 0 Å². The van der Waals surface area contributed by atoms with E-state index in [2.05, 4.69) is 23.8 Å². The predicted molar refractivity (Wildman–Crippen MR) is 58.6 cm³/mol. The Labute approximate surface area is 77.6 Å². The first-order valence-electron chi connectivity index (χ1n) is 3.83. The molecule has 12 heavy (non-hydrogen) atoms. The molecule has 0 saturated heterocycles. The van der Waals surface area contributed by atoms with Gasteiger partial charge in [0.2, 0.25) is 0 Å². The first kappa shape index (κ1) is 7.97. The van der Waals surface area contributed by atoms with Gasteiger partial charge in [0.15, 0.2) is 0 Å². The maximum absolute atomic E-state index is 5.57. The molecule has 0 amide bonds. The number of allylic oxidation sites excluding steroid dienone is 2. The lowest BCUT2D eigenvalue weighted by molar-refractivity contribution is 1.77. The van der Waals surface area contributed by atoms with Crippen LogP contribution in [0.15, 0.2) is 54.1 Å². The molecule has 0 atom stereocenters. The molecule has 0 radical (unpaired) electrons. The molecule has 0 unspecified atom stereocenters. The van der Waals surface area contributed by atoms with E-state index < -0.39 is 6.04 Å². The topological polar surface area (TPSA) is 0 Å². The quantitative estimate of drug-likeness (QED) is 0.616. The second kappa shape index (κ2) is 3.01. The lowest BCUT2D eigenvalue weighted by atomic mass is 10.4. The standard InChI is InChI=1S/C10H9PS/c12-11(8-4-5-9-11)10-6-2-1-3-7-10/h1-9H. The fourth-order valence-electron chi connectivity index (χ4n) is 1.24. The highest BCUT2D eigenvalue weighted by atomic mass is 32.4. The third-order valence-corrected chi connectivity index (χ3v) is 5.58. The lowest BCUT2D eigenvalue weighted by Gasteiger charge is -2.09. The Balaban J connectivity index is 2.51. The zero-order chi connectivity index (χ0) is 8.44. The predicted octanol–water partition coefficient (Wildman–Crippen LogP) is 2.83. The molecule has 2 heteroatoms. The van der Waals surface area contributed by atoms with Gasteiger partial charge in [-0.15, -0.1) is 0 Å². The molecule has 1 aromatic rings. The number of rotatable bonds is 1. The average molecular weight is 192 g/mol. The maximum atomic E-state index is 5.57. The Hall–Kier alpha value is -0.650. The van der Waals surface area contributed by atoms with Crippen molar-refractivity contribution in [2.45, 2.75) is 0 Å². The first-order chi connectivity index (χ1) is 5.81. The molecule has 0 aliphatic carbocycles. The second-order valence-electron chi connectivity index (χ2n) is 2.73. The summed E-state index contributed by atoms with van der Waals surface area (Å²) in [7, 11) is 0. The monoisotopic (exact) mass is 192 g/mol. The Morgan fingerprint density at radius 1 is 0.917 bits per heavy atom. The molecule has 0 aromatic heterocycles. The Kier molecular flexibility index (Phi) is 2.00. The minimum Gasteiger partial charge on any atom is -0.0838 e. The summed E-state index contributed by atoms with van der Waals surface area (Å²) in [6.07, 6.45) is 4.10. The molecule has 1 aliphatic heterocycles. The minimum absolute atomic E-state index is 1.28. The van der Waals surface area contributed by atoms with Gasteiger partial charge in [0.1, 0.15) is 0 Å². The van der Waals surface area contributed by atoms with Gasteiger partial charge in [-0.1, -0.05) is 54.3 Å². The number of hydrogen-bond donors (Lipinski definition) is 0. The smallest absolute Gasteiger partial charge is 0.0241 e. The van der Waals surface area contributed by atoms with Crippen LogP contribution in [-0.4, -0.2) is 0 Å². The van der Waals surface area contributed by atoms with Crippen LogP contribution in [0.2, 0.25) is 0 Å². The van der Waals surface area contributed by atoms with E-state index in [-0.39, 0.29) is 0 Å². The van der Waals surface area contributed by atoms with Crippen molar-refractivity contribution < 1.29 is 0 Å². The third kappa shape index (κ3) is 1.31. The Bertz CT molecular complexity index is 360.